The molecular formula is C21H29N5O5S. The van der Waals surface area contributed by atoms with E-state index in [4.69, 9.17) is 4.52 Å². The zero-order chi connectivity index (χ0) is 22.7. The summed E-state index contributed by atoms with van der Waals surface area (Å²) in [6, 6.07) is 7.23. The lowest BCUT2D eigenvalue weighted by Gasteiger charge is -2.34. The highest BCUT2D eigenvalue weighted by molar-refractivity contribution is 7.88. The van der Waals surface area contributed by atoms with E-state index in [1.165, 1.54) is 4.90 Å². The average Bonchev–Trinajstić information content (AvgIpc) is 3.49. The van der Waals surface area contributed by atoms with E-state index in [0.29, 0.717) is 48.5 Å². The van der Waals surface area contributed by atoms with Crippen LogP contribution in [-0.2, 0) is 10.0 Å². The van der Waals surface area contributed by atoms with Gasteiger partial charge >= 0.3 is 6.09 Å². The molecule has 2 aromatic rings. The topological polar surface area (TPSA) is 129 Å². The van der Waals surface area contributed by atoms with Crippen molar-refractivity contribution in [1.82, 2.24) is 19.8 Å². The number of benzene rings is 1. The Morgan fingerprint density at radius 3 is 2.62 bits per heavy atom. The van der Waals surface area contributed by atoms with Crippen LogP contribution in [0.4, 0.5) is 10.5 Å². The van der Waals surface area contributed by atoms with Crippen molar-refractivity contribution >= 4 is 21.8 Å². The normalized spacial score (nSPS) is 18.0. The van der Waals surface area contributed by atoms with Crippen LogP contribution in [0.15, 0.2) is 28.8 Å². The first kappa shape index (κ1) is 22.7. The fraction of sp³-hybridized carbons (Fsp3) is 0.571. The minimum atomic E-state index is -3.18. The molecule has 174 valence electrons. The van der Waals surface area contributed by atoms with Crippen LogP contribution < -0.4 is 9.62 Å². The molecule has 2 N–H and O–H groups in total. The zero-order valence-corrected chi connectivity index (χ0v) is 18.9. The van der Waals surface area contributed by atoms with Gasteiger partial charge in [-0.3, -0.25) is 4.90 Å². The lowest BCUT2D eigenvalue weighted by atomic mass is 9.95. The van der Waals surface area contributed by atoms with Crippen LogP contribution in [0.2, 0.25) is 0 Å². The first-order chi connectivity index (χ1) is 15.3. The largest absolute Gasteiger partial charge is 0.465 e. The summed E-state index contributed by atoms with van der Waals surface area (Å²) in [7, 11) is -3.18. The van der Waals surface area contributed by atoms with Crippen molar-refractivity contribution in [2.45, 2.75) is 31.6 Å². The Labute approximate surface area is 187 Å². The fourth-order valence-corrected chi connectivity index (χ4v) is 4.52. The number of aromatic nitrogens is 2. The molecule has 4 rings (SSSR count). The summed E-state index contributed by atoms with van der Waals surface area (Å²) >= 11 is 0. The number of hydrogen-bond acceptors (Lipinski definition) is 7. The number of carboxylic acid groups (broad SMARTS) is 1. The summed E-state index contributed by atoms with van der Waals surface area (Å²) in [6.07, 6.45) is 3.95. The highest BCUT2D eigenvalue weighted by atomic mass is 32.2. The minimum Gasteiger partial charge on any atom is -0.465 e. The number of sulfonamides is 1. The number of hydrogen-bond donors (Lipinski definition) is 2. The predicted octanol–water partition coefficient (Wildman–Crippen LogP) is 2.36. The van der Waals surface area contributed by atoms with Crippen LogP contribution in [0.3, 0.4) is 0 Å². The number of rotatable bonds is 9. The summed E-state index contributed by atoms with van der Waals surface area (Å²) in [5.74, 6) is 1.60. The van der Waals surface area contributed by atoms with Gasteiger partial charge in [-0.2, -0.15) is 4.98 Å². The van der Waals surface area contributed by atoms with E-state index in [9.17, 15) is 18.3 Å². The number of nitrogens with one attached hydrogen (secondary N) is 1. The van der Waals surface area contributed by atoms with Crippen molar-refractivity contribution in [3.63, 3.8) is 0 Å². The molecule has 0 bridgehead atoms. The molecule has 2 aliphatic rings. The Balaban J connectivity index is 1.40. The van der Waals surface area contributed by atoms with E-state index in [-0.39, 0.29) is 5.92 Å². The third-order valence-corrected chi connectivity index (χ3v) is 6.71. The highest BCUT2D eigenvalue weighted by Gasteiger charge is 2.31. The van der Waals surface area contributed by atoms with Crippen molar-refractivity contribution in [3.8, 4) is 11.5 Å². The molecule has 1 aromatic heterocycles. The minimum absolute atomic E-state index is 0.211. The molecule has 32 heavy (non-hydrogen) atoms. The average molecular weight is 464 g/mol. The van der Waals surface area contributed by atoms with E-state index in [0.717, 1.165) is 45.0 Å². The molecule has 0 unspecified atom stereocenters. The van der Waals surface area contributed by atoms with Crippen LogP contribution >= 0.6 is 0 Å². The molecule has 1 aromatic carbocycles. The highest BCUT2D eigenvalue weighted by Crippen LogP contribution is 2.40. The molecule has 0 radical (unpaired) electrons. The smallest absolute Gasteiger partial charge is 0.411 e. The predicted molar refractivity (Wildman–Crippen MR) is 119 cm³/mol. The number of carbonyl (C=O) groups is 1. The van der Waals surface area contributed by atoms with E-state index in [2.05, 4.69) is 19.8 Å². The first-order valence-electron chi connectivity index (χ1n) is 10.9. The summed E-state index contributed by atoms with van der Waals surface area (Å²) in [5.41, 5.74) is 1.17. The van der Waals surface area contributed by atoms with Crippen LogP contribution in [-0.4, -0.2) is 73.6 Å². The van der Waals surface area contributed by atoms with Gasteiger partial charge in [0, 0.05) is 25.6 Å². The third-order valence-electron chi connectivity index (χ3n) is 5.98. The monoisotopic (exact) mass is 463 g/mol. The van der Waals surface area contributed by atoms with Crippen molar-refractivity contribution in [2.24, 2.45) is 5.92 Å². The zero-order valence-electron chi connectivity index (χ0n) is 18.1. The summed E-state index contributed by atoms with van der Waals surface area (Å²) in [4.78, 5) is 20.2. The van der Waals surface area contributed by atoms with Gasteiger partial charge in [-0.25, -0.2) is 17.9 Å². The molecule has 1 aliphatic carbocycles. The van der Waals surface area contributed by atoms with E-state index in [1.54, 1.807) is 6.07 Å². The summed E-state index contributed by atoms with van der Waals surface area (Å²) in [6.45, 7) is 3.02. The maximum absolute atomic E-state index is 12.2. The number of anilines is 1. The van der Waals surface area contributed by atoms with Gasteiger partial charge in [-0.15, -0.1) is 0 Å². The molecular weight excluding hydrogens is 434 g/mol. The van der Waals surface area contributed by atoms with Crippen molar-refractivity contribution in [1.29, 1.82) is 0 Å². The van der Waals surface area contributed by atoms with Gasteiger partial charge in [-0.05, 0) is 56.8 Å². The fourth-order valence-electron chi connectivity index (χ4n) is 4.06. The first-order valence-corrected chi connectivity index (χ1v) is 12.8. The van der Waals surface area contributed by atoms with Crippen molar-refractivity contribution in [3.05, 3.63) is 30.1 Å². The molecule has 1 amide bonds. The number of amides is 1. The van der Waals surface area contributed by atoms with Gasteiger partial charge in [-0.1, -0.05) is 17.3 Å². The Morgan fingerprint density at radius 1 is 1.25 bits per heavy atom. The number of likely N-dealkylation sites (tertiary alicyclic amines) is 1. The second kappa shape index (κ2) is 9.55. The van der Waals surface area contributed by atoms with Gasteiger partial charge in [0.25, 0.3) is 5.89 Å². The van der Waals surface area contributed by atoms with Gasteiger partial charge in [0.15, 0.2) is 5.82 Å². The van der Waals surface area contributed by atoms with E-state index in [1.807, 2.05) is 18.2 Å². The second-order valence-electron chi connectivity index (χ2n) is 8.59. The standard InChI is InChI=1S/C21H29N5O5S/c1-32(29,30)22-10-13-25-11-8-15(9-12-25)14-26(21(27)28)18-5-3-2-4-17(18)20-23-19(24-31-20)16-6-7-16/h2-5,15-16,22H,6-14H2,1H3,(H,27,28). The van der Waals surface area contributed by atoms with Crippen LogP contribution in [0.25, 0.3) is 11.5 Å². The van der Waals surface area contributed by atoms with Gasteiger partial charge in [0.1, 0.15) is 0 Å². The van der Waals surface area contributed by atoms with Gasteiger partial charge < -0.3 is 14.5 Å². The maximum Gasteiger partial charge on any atom is 0.411 e. The molecule has 1 saturated carbocycles. The van der Waals surface area contributed by atoms with Crippen LogP contribution in [0.1, 0.15) is 37.4 Å². The maximum atomic E-state index is 12.2. The molecule has 0 spiro atoms. The molecule has 1 saturated heterocycles. The lowest BCUT2D eigenvalue weighted by molar-refractivity contribution is 0.180. The molecule has 11 heteroatoms. The molecule has 2 heterocycles. The number of piperidine rings is 1. The number of para-hydroxylation sites is 1. The Morgan fingerprint density at radius 2 is 1.97 bits per heavy atom. The van der Waals surface area contributed by atoms with Gasteiger partial charge in [0.05, 0.1) is 17.5 Å². The Hall–Kier alpha value is -2.50. The molecule has 10 nitrogen and oxygen atoms in total. The molecule has 2 fully saturated rings. The Bertz CT molecular complexity index is 1040. The summed E-state index contributed by atoms with van der Waals surface area (Å²) < 4.78 is 30.4. The number of nitrogens with zero attached hydrogens (tertiary/aromatic N) is 4. The summed E-state index contributed by atoms with van der Waals surface area (Å²) in [5, 5.41) is 14.0. The van der Waals surface area contributed by atoms with Crippen LogP contribution in [0.5, 0.6) is 0 Å². The van der Waals surface area contributed by atoms with Gasteiger partial charge in [0.2, 0.25) is 10.0 Å². The van der Waals surface area contributed by atoms with E-state index < -0.39 is 16.1 Å². The van der Waals surface area contributed by atoms with E-state index >= 15 is 0 Å². The molecule has 0 atom stereocenters. The molecule has 1 aliphatic heterocycles. The van der Waals surface area contributed by atoms with Crippen molar-refractivity contribution in [2.75, 3.05) is 43.9 Å². The second-order valence-corrected chi connectivity index (χ2v) is 10.4. The SMILES string of the molecule is CS(=O)(=O)NCCN1CCC(CN(C(=O)O)c2ccccc2-c2nc(C3CC3)no2)CC1. The quantitative estimate of drug-likeness (QED) is 0.580. The Kier molecular flexibility index (Phi) is 6.77. The van der Waals surface area contributed by atoms with Crippen molar-refractivity contribution < 1.29 is 22.8 Å². The third kappa shape index (κ3) is 5.84. The lowest BCUT2D eigenvalue weighted by Crippen LogP contribution is -2.43. The van der Waals surface area contributed by atoms with Crippen LogP contribution in [0, 0.1) is 5.92 Å².